The second-order valence-corrected chi connectivity index (χ2v) is 11.7. The van der Waals surface area contributed by atoms with E-state index in [1.165, 1.54) is 19.5 Å². The fourth-order valence-electron chi connectivity index (χ4n) is 4.81. The van der Waals surface area contributed by atoms with Crippen LogP contribution in [0.3, 0.4) is 0 Å². The van der Waals surface area contributed by atoms with Crippen LogP contribution in [0, 0.1) is 10.8 Å². The van der Waals surface area contributed by atoms with Gasteiger partial charge in [-0.2, -0.15) is 18.3 Å². The first-order valence-corrected chi connectivity index (χ1v) is 12.7. The lowest BCUT2D eigenvalue weighted by atomic mass is 9.74. The highest BCUT2D eigenvalue weighted by molar-refractivity contribution is 6.34. The number of methoxy groups -OCH3 is 1. The third-order valence-corrected chi connectivity index (χ3v) is 7.15. The number of alkyl halides is 3. The Morgan fingerprint density at radius 3 is 2.31 bits per heavy atom. The van der Waals surface area contributed by atoms with Gasteiger partial charge in [-0.1, -0.05) is 32.4 Å². The number of carbonyl (C=O) groups excluding carboxylic acids is 2. The number of amides is 1. The minimum atomic E-state index is -4.93. The number of nitrogens with zero attached hydrogens (tertiary/aromatic N) is 4. The number of Topliss-reactive ketones (excluding diaryl/α,β-unsaturated/α-hetero) is 1. The Balaban J connectivity index is 1.99. The van der Waals surface area contributed by atoms with Crippen LogP contribution >= 0.6 is 11.6 Å². The maximum absolute atomic E-state index is 14.4. The minimum Gasteiger partial charge on any atom is -0.494 e. The lowest BCUT2D eigenvalue weighted by Crippen LogP contribution is -2.42. The van der Waals surface area contributed by atoms with Crippen LogP contribution < -0.4 is 4.74 Å². The number of halogens is 4. The number of rotatable bonds is 8. The van der Waals surface area contributed by atoms with Gasteiger partial charge in [0.1, 0.15) is 5.75 Å². The van der Waals surface area contributed by atoms with Gasteiger partial charge < -0.3 is 14.7 Å². The van der Waals surface area contributed by atoms with Crippen molar-refractivity contribution in [1.29, 1.82) is 0 Å². The molecule has 1 N–H and O–H groups in total. The zero-order valence-corrected chi connectivity index (χ0v) is 23.2. The van der Waals surface area contributed by atoms with E-state index in [0.29, 0.717) is 0 Å². The first-order chi connectivity index (χ1) is 18.0. The number of ether oxygens (including phenoxy) is 1. The molecule has 1 saturated carbocycles. The molecule has 9 nitrogen and oxygen atoms in total. The van der Waals surface area contributed by atoms with Crippen molar-refractivity contribution in [3.05, 3.63) is 40.4 Å². The summed E-state index contributed by atoms with van der Waals surface area (Å²) in [7, 11) is 1.32. The highest BCUT2D eigenvalue weighted by Gasteiger charge is 2.45. The molecule has 2 aromatic rings. The summed E-state index contributed by atoms with van der Waals surface area (Å²) in [5.41, 5.74) is -3.53. The molecule has 1 fully saturated rings. The van der Waals surface area contributed by atoms with Crippen LogP contribution in [0.4, 0.5) is 13.2 Å². The quantitative estimate of drug-likeness (QED) is 0.413. The van der Waals surface area contributed by atoms with E-state index in [0.717, 1.165) is 15.8 Å². The zero-order valence-electron chi connectivity index (χ0n) is 22.4. The summed E-state index contributed by atoms with van der Waals surface area (Å²) < 4.78 is 49.1. The van der Waals surface area contributed by atoms with Gasteiger partial charge in [-0.15, -0.1) is 0 Å². The number of pyridine rings is 1. The van der Waals surface area contributed by atoms with Crippen molar-refractivity contribution in [3.8, 4) is 5.75 Å². The van der Waals surface area contributed by atoms with E-state index in [1.54, 1.807) is 27.7 Å². The van der Waals surface area contributed by atoms with Crippen LogP contribution in [-0.4, -0.2) is 62.6 Å². The van der Waals surface area contributed by atoms with Gasteiger partial charge in [0.25, 0.3) is 5.91 Å². The summed E-state index contributed by atoms with van der Waals surface area (Å²) in [6.07, 6.45) is -0.879. The topological polar surface area (TPSA) is 115 Å². The van der Waals surface area contributed by atoms with Crippen molar-refractivity contribution in [3.63, 3.8) is 0 Å². The molecule has 39 heavy (non-hydrogen) atoms. The summed E-state index contributed by atoms with van der Waals surface area (Å²) in [4.78, 5) is 43.4. The summed E-state index contributed by atoms with van der Waals surface area (Å²) in [5, 5.41) is 13.4. The molecule has 3 rings (SSSR count). The molecule has 1 amide bonds. The molecule has 214 valence electrons. The number of aliphatic carboxylic acids is 1. The molecule has 0 bridgehead atoms. The monoisotopic (exact) mass is 572 g/mol. The molecule has 0 spiro atoms. The summed E-state index contributed by atoms with van der Waals surface area (Å²) >= 11 is 6.16. The molecule has 13 heteroatoms. The van der Waals surface area contributed by atoms with Gasteiger partial charge in [0.2, 0.25) is 0 Å². The molecule has 0 unspecified atom stereocenters. The molecular formula is C26H32ClF3N4O5. The molecular weight excluding hydrogens is 541 g/mol. The van der Waals surface area contributed by atoms with Crippen molar-refractivity contribution in [2.45, 2.75) is 65.6 Å². The number of ketones is 1. The molecule has 0 radical (unpaired) electrons. The Morgan fingerprint density at radius 2 is 1.79 bits per heavy atom. The number of carboxylic acid groups (broad SMARTS) is 1. The smallest absolute Gasteiger partial charge is 0.433 e. The molecule has 0 atom stereocenters. The lowest BCUT2D eigenvalue weighted by Gasteiger charge is -2.34. The van der Waals surface area contributed by atoms with E-state index in [1.807, 2.05) is 0 Å². The SMILES string of the molecule is COc1cncc(Cl)c1C(=O)CN(CC(C)(C)C)C(=O)c1cnn(C2CCC(C)(C(=O)O)CC2)c1C(F)(F)F. The Hall–Kier alpha value is -3.15. The molecule has 2 aromatic heterocycles. The highest BCUT2D eigenvalue weighted by atomic mass is 35.5. The van der Waals surface area contributed by atoms with Gasteiger partial charge in [-0.3, -0.25) is 24.0 Å². The first kappa shape index (κ1) is 30.4. The van der Waals surface area contributed by atoms with Gasteiger partial charge in [0.15, 0.2) is 11.5 Å². The number of carboxylic acids is 1. The zero-order chi connectivity index (χ0) is 29.3. The Labute approximate surface area is 229 Å². The predicted octanol–water partition coefficient (Wildman–Crippen LogP) is 5.54. The number of aromatic nitrogens is 3. The minimum absolute atomic E-state index is 0.0167. The van der Waals surface area contributed by atoms with Crippen molar-refractivity contribution >= 4 is 29.3 Å². The molecule has 0 aromatic carbocycles. The van der Waals surface area contributed by atoms with E-state index in [2.05, 4.69) is 10.1 Å². The fourth-order valence-corrected chi connectivity index (χ4v) is 5.07. The van der Waals surface area contributed by atoms with Crippen LogP contribution in [0.5, 0.6) is 5.75 Å². The number of hydrogen-bond donors (Lipinski definition) is 1. The van der Waals surface area contributed by atoms with Gasteiger partial charge in [-0.05, 0) is 38.0 Å². The molecule has 1 aliphatic rings. The van der Waals surface area contributed by atoms with Gasteiger partial charge >= 0.3 is 12.1 Å². The highest BCUT2D eigenvalue weighted by Crippen LogP contribution is 2.43. The van der Waals surface area contributed by atoms with Gasteiger partial charge in [0, 0.05) is 12.7 Å². The van der Waals surface area contributed by atoms with Crippen LogP contribution in [-0.2, 0) is 11.0 Å². The number of hydrogen-bond acceptors (Lipinski definition) is 6. The summed E-state index contributed by atoms with van der Waals surface area (Å²) in [6, 6.07) is -0.729. The Bertz CT molecular complexity index is 1250. The third kappa shape index (κ3) is 6.71. The van der Waals surface area contributed by atoms with Crippen molar-refractivity contribution in [2.75, 3.05) is 20.2 Å². The largest absolute Gasteiger partial charge is 0.494 e. The van der Waals surface area contributed by atoms with E-state index in [9.17, 15) is 32.7 Å². The van der Waals surface area contributed by atoms with E-state index in [-0.39, 0.29) is 48.6 Å². The van der Waals surface area contributed by atoms with Gasteiger partial charge in [0.05, 0.1) is 53.7 Å². The maximum atomic E-state index is 14.4. The van der Waals surface area contributed by atoms with Crippen LogP contribution in [0.1, 0.15) is 85.8 Å². The van der Waals surface area contributed by atoms with Crippen molar-refractivity contribution in [2.24, 2.45) is 10.8 Å². The molecule has 2 heterocycles. The average Bonchev–Trinajstić information content (AvgIpc) is 3.28. The van der Waals surface area contributed by atoms with Gasteiger partial charge in [-0.25, -0.2) is 0 Å². The van der Waals surface area contributed by atoms with Crippen LogP contribution in [0.2, 0.25) is 5.02 Å². The molecule has 0 aliphatic heterocycles. The van der Waals surface area contributed by atoms with Crippen LogP contribution in [0.25, 0.3) is 0 Å². The standard InChI is InChI=1S/C26H32ClF3N4O5/c1-24(2,3)14-33(13-18(35)20-17(27)11-31-12-19(20)39-5)22(36)16-10-32-34(21(16)26(28,29)30)15-6-8-25(4,9-7-15)23(37)38/h10-12,15H,6-9,13-14H2,1-5H3,(H,37,38). The predicted molar refractivity (Wildman–Crippen MR) is 136 cm³/mol. The normalized spacial score (nSPS) is 20.0. The molecule has 1 aliphatic carbocycles. The third-order valence-electron chi connectivity index (χ3n) is 6.87. The average molecular weight is 573 g/mol. The summed E-state index contributed by atoms with van der Waals surface area (Å²) in [5.74, 6) is -2.56. The van der Waals surface area contributed by atoms with Crippen molar-refractivity contribution < 1.29 is 37.4 Å². The van der Waals surface area contributed by atoms with E-state index < -0.39 is 58.5 Å². The number of carbonyl (C=O) groups is 3. The van der Waals surface area contributed by atoms with Crippen LogP contribution in [0.15, 0.2) is 18.6 Å². The lowest BCUT2D eigenvalue weighted by molar-refractivity contribution is -0.152. The summed E-state index contributed by atoms with van der Waals surface area (Å²) in [6.45, 7) is 6.33. The Morgan fingerprint density at radius 1 is 1.18 bits per heavy atom. The second-order valence-electron chi connectivity index (χ2n) is 11.3. The Kier molecular flexibility index (Phi) is 8.69. The first-order valence-electron chi connectivity index (χ1n) is 12.4. The van der Waals surface area contributed by atoms with Crippen molar-refractivity contribution in [1.82, 2.24) is 19.7 Å². The van der Waals surface area contributed by atoms with E-state index >= 15 is 0 Å². The fraction of sp³-hybridized carbons (Fsp3) is 0.577. The maximum Gasteiger partial charge on any atom is 0.433 e. The second kappa shape index (κ2) is 11.1. The molecule has 0 saturated heterocycles. The van der Waals surface area contributed by atoms with E-state index in [4.69, 9.17) is 16.3 Å².